The summed E-state index contributed by atoms with van der Waals surface area (Å²) >= 11 is 0. The molecule has 3 heteroatoms. The second kappa shape index (κ2) is 4.47. The van der Waals surface area contributed by atoms with Crippen LogP contribution in [0.4, 0.5) is 0 Å². The van der Waals surface area contributed by atoms with Crippen LogP contribution in [-0.4, -0.2) is 37.2 Å². The normalized spacial score (nSPS) is 38.5. The molecule has 1 aliphatic heterocycles. The van der Waals surface area contributed by atoms with Crippen molar-refractivity contribution in [3.05, 3.63) is 29.3 Å². The molecule has 0 amide bonds. The lowest BCUT2D eigenvalue weighted by molar-refractivity contribution is -0.0219. The zero-order chi connectivity index (χ0) is 14.7. The number of nitrogens with zero attached hydrogens (tertiary/aromatic N) is 1. The maximum Gasteiger partial charge on any atom is 0.119 e. The van der Waals surface area contributed by atoms with E-state index in [0.717, 1.165) is 12.2 Å². The number of ether oxygens (including phenoxy) is 1. The van der Waals surface area contributed by atoms with E-state index in [0.29, 0.717) is 6.04 Å². The summed E-state index contributed by atoms with van der Waals surface area (Å²) in [7, 11) is 4.02. The Morgan fingerprint density at radius 1 is 1.24 bits per heavy atom. The number of likely N-dealkylation sites (N-methyl/N-ethyl adjacent to an activating group) is 1. The van der Waals surface area contributed by atoms with Crippen molar-refractivity contribution >= 4 is 0 Å². The molecular formula is C18H26N2O. The maximum absolute atomic E-state index is 7.12. The first-order valence-corrected chi connectivity index (χ1v) is 8.27. The number of methoxy groups -OCH3 is 1. The maximum atomic E-state index is 7.12. The van der Waals surface area contributed by atoms with Gasteiger partial charge in [-0.2, -0.15) is 0 Å². The van der Waals surface area contributed by atoms with Gasteiger partial charge in [0.1, 0.15) is 5.75 Å². The van der Waals surface area contributed by atoms with E-state index < -0.39 is 0 Å². The van der Waals surface area contributed by atoms with E-state index in [1.165, 1.54) is 49.8 Å². The van der Waals surface area contributed by atoms with Crippen molar-refractivity contribution in [1.82, 2.24) is 4.90 Å². The van der Waals surface area contributed by atoms with E-state index in [4.69, 9.17) is 10.5 Å². The van der Waals surface area contributed by atoms with Crippen molar-refractivity contribution < 1.29 is 4.74 Å². The Labute approximate surface area is 127 Å². The average molecular weight is 286 g/mol. The van der Waals surface area contributed by atoms with Crippen LogP contribution in [0.25, 0.3) is 0 Å². The Hall–Kier alpha value is -1.06. The second-order valence-electron chi connectivity index (χ2n) is 7.30. The zero-order valence-electron chi connectivity index (χ0n) is 13.2. The molecule has 2 bridgehead atoms. The first-order chi connectivity index (χ1) is 10.1. The predicted molar refractivity (Wildman–Crippen MR) is 84.8 cm³/mol. The van der Waals surface area contributed by atoms with E-state index in [1.54, 1.807) is 7.11 Å². The molecular weight excluding hydrogens is 260 g/mol. The third-order valence-corrected chi connectivity index (χ3v) is 6.60. The largest absolute Gasteiger partial charge is 0.497 e. The van der Waals surface area contributed by atoms with Gasteiger partial charge in [0.25, 0.3) is 0 Å². The number of piperidine rings is 1. The minimum atomic E-state index is -0.0579. The molecule has 3 aliphatic rings. The molecule has 1 aromatic rings. The van der Waals surface area contributed by atoms with Crippen LogP contribution in [0, 0.1) is 0 Å². The monoisotopic (exact) mass is 286 g/mol. The third kappa shape index (κ3) is 1.62. The van der Waals surface area contributed by atoms with Gasteiger partial charge >= 0.3 is 0 Å². The van der Waals surface area contributed by atoms with Crippen LogP contribution in [0.1, 0.15) is 43.2 Å². The highest BCUT2D eigenvalue weighted by Gasteiger charge is 2.61. The summed E-state index contributed by atoms with van der Waals surface area (Å²) < 4.78 is 5.50. The highest BCUT2D eigenvalue weighted by atomic mass is 16.5. The van der Waals surface area contributed by atoms with Crippen LogP contribution in [0.15, 0.2) is 18.2 Å². The van der Waals surface area contributed by atoms with E-state index >= 15 is 0 Å². The van der Waals surface area contributed by atoms with Gasteiger partial charge < -0.3 is 15.4 Å². The van der Waals surface area contributed by atoms with Crippen molar-refractivity contribution in [3.63, 3.8) is 0 Å². The number of fused-ring (bicyclic) bond motifs is 1. The van der Waals surface area contributed by atoms with Crippen LogP contribution in [0.5, 0.6) is 5.75 Å². The Morgan fingerprint density at radius 2 is 2.05 bits per heavy atom. The van der Waals surface area contributed by atoms with Gasteiger partial charge in [0, 0.05) is 17.0 Å². The van der Waals surface area contributed by atoms with E-state index in [2.05, 4.69) is 30.1 Å². The van der Waals surface area contributed by atoms with Crippen LogP contribution >= 0.6 is 0 Å². The highest BCUT2D eigenvalue weighted by Crippen LogP contribution is 2.57. The molecule has 1 aromatic carbocycles. The van der Waals surface area contributed by atoms with Gasteiger partial charge in [0.15, 0.2) is 0 Å². The van der Waals surface area contributed by atoms with Crippen molar-refractivity contribution in [3.8, 4) is 5.75 Å². The molecule has 0 radical (unpaired) electrons. The number of hydrogen-bond donors (Lipinski definition) is 1. The number of rotatable bonds is 1. The highest BCUT2D eigenvalue weighted by molar-refractivity contribution is 5.49. The van der Waals surface area contributed by atoms with Crippen LogP contribution in [-0.2, 0) is 11.8 Å². The minimum absolute atomic E-state index is 0.0579. The second-order valence-corrected chi connectivity index (χ2v) is 7.30. The molecule has 114 valence electrons. The van der Waals surface area contributed by atoms with E-state index in [9.17, 15) is 0 Å². The van der Waals surface area contributed by atoms with Crippen LogP contribution in [0.3, 0.4) is 0 Å². The molecule has 2 N–H and O–H groups in total. The fourth-order valence-electron chi connectivity index (χ4n) is 5.45. The van der Waals surface area contributed by atoms with E-state index in [-0.39, 0.29) is 11.0 Å². The van der Waals surface area contributed by atoms with Gasteiger partial charge in [0.2, 0.25) is 0 Å². The van der Waals surface area contributed by atoms with E-state index in [1.807, 2.05) is 0 Å². The topological polar surface area (TPSA) is 38.5 Å². The third-order valence-electron chi connectivity index (χ3n) is 6.60. The predicted octanol–water partition coefficient (Wildman–Crippen LogP) is 2.46. The number of hydrogen-bond acceptors (Lipinski definition) is 3. The molecule has 1 heterocycles. The lowest BCUT2D eigenvalue weighted by Gasteiger charge is -2.64. The molecule has 1 saturated carbocycles. The summed E-state index contributed by atoms with van der Waals surface area (Å²) in [6.45, 7) is 1.17. The summed E-state index contributed by atoms with van der Waals surface area (Å²) in [5.74, 6) is 0.980. The molecule has 1 saturated heterocycles. The summed E-state index contributed by atoms with van der Waals surface area (Å²) in [5, 5.41) is 0. The average Bonchev–Trinajstić information content (AvgIpc) is 2.50. The molecule has 0 aromatic heterocycles. The summed E-state index contributed by atoms with van der Waals surface area (Å²) in [5.41, 5.74) is 10.2. The molecule has 2 fully saturated rings. The summed E-state index contributed by atoms with van der Waals surface area (Å²) in [4.78, 5) is 2.51. The van der Waals surface area contributed by atoms with Gasteiger partial charge in [-0.25, -0.2) is 0 Å². The van der Waals surface area contributed by atoms with Gasteiger partial charge in [-0.3, -0.25) is 0 Å². The van der Waals surface area contributed by atoms with Crippen LogP contribution < -0.4 is 10.5 Å². The Bertz CT molecular complexity index is 572. The SMILES string of the molecule is COc1ccc2c(c1)[C@@]13CCCCC1(N)[C@@H](C2)N(C)CC3. The van der Waals surface area contributed by atoms with Crippen molar-refractivity contribution in [1.29, 1.82) is 0 Å². The lowest BCUT2D eigenvalue weighted by atomic mass is 9.48. The number of benzene rings is 1. The molecule has 21 heavy (non-hydrogen) atoms. The van der Waals surface area contributed by atoms with Gasteiger partial charge in [-0.1, -0.05) is 18.9 Å². The standard InChI is InChI=1S/C18H26N2O/c1-20-10-9-17-7-3-4-8-18(17,19)16(20)11-13-5-6-14(21-2)12-15(13)17/h5-6,12,16H,3-4,7-11,19H2,1-2H3/t16-,17+,18?/m1/s1. The fraction of sp³-hybridized carbons (Fsp3) is 0.667. The minimum Gasteiger partial charge on any atom is -0.497 e. The quantitative estimate of drug-likeness (QED) is 0.862. The lowest BCUT2D eigenvalue weighted by Crippen LogP contribution is -2.75. The molecule has 3 atom stereocenters. The number of likely N-dealkylation sites (tertiary alicyclic amines) is 1. The Morgan fingerprint density at radius 3 is 2.86 bits per heavy atom. The smallest absolute Gasteiger partial charge is 0.119 e. The molecule has 0 spiro atoms. The molecule has 2 aliphatic carbocycles. The van der Waals surface area contributed by atoms with Crippen molar-refractivity contribution in [2.45, 2.75) is 55.5 Å². The molecule has 1 unspecified atom stereocenters. The van der Waals surface area contributed by atoms with Crippen molar-refractivity contribution in [2.75, 3.05) is 20.7 Å². The van der Waals surface area contributed by atoms with Crippen LogP contribution in [0.2, 0.25) is 0 Å². The number of nitrogens with two attached hydrogens (primary N) is 1. The molecule has 3 nitrogen and oxygen atoms in total. The summed E-state index contributed by atoms with van der Waals surface area (Å²) in [6.07, 6.45) is 7.28. The zero-order valence-corrected chi connectivity index (χ0v) is 13.2. The van der Waals surface area contributed by atoms with Crippen molar-refractivity contribution in [2.24, 2.45) is 5.73 Å². The fourth-order valence-corrected chi connectivity index (χ4v) is 5.45. The first-order valence-electron chi connectivity index (χ1n) is 8.27. The Balaban J connectivity index is 1.94. The molecule has 4 rings (SSSR count). The Kier molecular flexibility index (Phi) is 2.89. The summed E-state index contributed by atoms with van der Waals surface area (Å²) in [6, 6.07) is 7.16. The van der Waals surface area contributed by atoms with Gasteiger partial charge in [-0.05, 0) is 62.5 Å². The van der Waals surface area contributed by atoms with Gasteiger partial charge in [-0.15, -0.1) is 0 Å². The van der Waals surface area contributed by atoms with Gasteiger partial charge in [0.05, 0.1) is 7.11 Å². The first kappa shape index (κ1) is 13.6.